The van der Waals surface area contributed by atoms with Crippen LogP contribution in [0.3, 0.4) is 0 Å². The van der Waals surface area contributed by atoms with Crippen LogP contribution in [-0.4, -0.2) is 24.2 Å². The lowest BCUT2D eigenvalue weighted by atomic mass is 10.1. The molecule has 1 aliphatic heterocycles. The Morgan fingerprint density at radius 1 is 1.05 bits per heavy atom. The van der Waals surface area contributed by atoms with E-state index in [0.29, 0.717) is 36.0 Å². The molecule has 5 heteroatoms. The number of carbonyl (C=O) groups excluding carboxylic acids is 1. The Morgan fingerprint density at radius 2 is 1.80 bits per heavy atom. The highest BCUT2D eigenvalue weighted by Crippen LogP contribution is 2.33. The first-order valence-electron chi connectivity index (χ1n) is 6.23. The van der Waals surface area contributed by atoms with Gasteiger partial charge in [0.05, 0.1) is 5.56 Å². The number of aromatic hydroxyl groups is 1. The molecule has 2 aromatic carbocycles. The molecule has 3 rings (SSSR count). The molecule has 0 fully saturated rings. The maximum absolute atomic E-state index is 12.3. The van der Waals surface area contributed by atoms with Crippen LogP contribution in [0.25, 0.3) is 0 Å². The van der Waals surface area contributed by atoms with Crippen LogP contribution in [0.2, 0.25) is 0 Å². The summed E-state index contributed by atoms with van der Waals surface area (Å²) in [4.78, 5) is 12.3. The van der Waals surface area contributed by atoms with Crippen molar-refractivity contribution in [2.75, 3.05) is 18.5 Å². The van der Waals surface area contributed by atoms with Crippen molar-refractivity contribution < 1.29 is 19.4 Å². The van der Waals surface area contributed by atoms with Gasteiger partial charge in [0.2, 0.25) is 0 Å². The third kappa shape index (κ3) is 2.38. The van der Waals surface area contributed by atoms with Crippen LogP contribution in [0.15, 0.2) is 42.5 Å². The number of rotatable bonds is 2. The zero-order valence-corrected chi connectivity index (χ0v) is 10.6. The summed E-state index contributed by atoms with van der Waals surface area (Å²) in [6.07, 6.45) is 0. The molecule has 5 nitrogen and oxygen atoms in total. The Kier molecular flexibility index (Phi) is 3.16. The van der Waals surface area contributed by atoms with Crippen LogP contribution in [0.5, 0.6) is 17.2 Å². The molecular formula is C15H13NO4. The average Bonchev–Trinajstić information content (AvgIpc) is 2.49. The lowest BCUT2D eigenvalue weighted by Crippen LogP contribution is -2.20. The third-order valence-corrected chi connectivity index (χ3v) is 2.94. The van der Waals surface area contributed by atoms with Crippen molar-refractivity contribution in [2.24, 2.45) is 0 Å². The van der Waals surface area contributed by atoms with E-state index in [4.69, 9.17) is 9.47 Å². The molecule has 0 bridgehead atoms. The van der Waals surface area contributed by atoms with Crippen molar-refractivity contribution >= 4 is 11.6 Å². The number of phenolic OH excluding ortho intramolecular Hbond substituents is 1. The average molecular weight is 271 g/mol. The highest BCUT2D eigenvalue weighted by Gasteiger charge is 2.20. The van der Waals surface area contributed by atoms with Gasteiger partial charge >= 0.3 is 0 Å². The van der Waals surface area contributed by atoms with E-state index in [9.17, 15) is 9.90 Å². The summed E-state index contributed by atoms with van der Waals surface area (Å²) in [6.45, 7) is 0.909. The highest BCUT2D eigenvalue weighted by atomic mass is 16.6. The Balaban J connectivity index is 1.85. The predicted molar refractivity (Wildman–Crippen MR) is 73.5 cm³/mol. The van der Waals surface area contributed by atoms with Gasteiger partial charge in [0.1, 0.15) is 19.0 Å². The molecule has 0 saturated carbocycles. The maximum atomic E-state index is 12.3. The Labute approximate surface area is 115 Å². The van der Waals surface area contributed by atoms with Gasteiger partial charge in [-0.05, 0) is 36.4 Å². The van der Waals surface area contributed by atoms with E-state index in [2.05, 4.69) is 5.32 Å². The monoisotopic (exact) mass is 271 g/mol. The van der Waals surface area contributed by atoms with Crippen LogP contribution in [0.4, 0.5) is 5.69 Å². The lowest BCUT2D eigenvalue weighted by molar-refractivity contribution is 0.101. The zero-order valence-electron chi connectivity index (χ0n) is 10.6. The summed E-state index contributed by atoms with van der Waals surface area (Å²) in [6, 6.07) is 11.5. The molecule has 0 spiro atoms. The van der Waals surface area contributed by atoms with E-state index >= 15 is 0 Å². The van der Waals surface area contributed by atoms with E-state index in [1.165, 1.54) is 12.1 Å². The van der Waals surface area contributed by atoms with Crippen molar-refractivity contribution in [1.29, 1.82) is 0 Å². The number of anilines is 1. The fourth-order valence-electron chi connectivity index (χ4n) is 2.00. The van der Waals surface area contributed by atoms with E-state index in [1.807, 2.05) is 0 Å². The number of phenols is 1. The fraction of sp³-hybridized carbons (Fsp3) is 0.133. The summed E-state index contributed by atoms with van der Waals surface area (Å²) in [5.74, 6) is 0.916. The Hall–Kier alpha value is -2.69. The molecule has 1 amide bonds. The number of carbonyl (C=O) groups is 1. The molecule has 1 heterocycles. The molecule has 0 saturated heterocycles. The van der Waals surface area contributed by atoms with Crippen LogP contribution >= 0.6 is 0 Å². The van der Waals surface area contributed by atoms with Gasteiger partial charge in [-0.15, -0.1) is 0 Å². The molecule has 1 aliphatic rings. The smallest absolute Gasteiger partial charge is 0.259 e. The first-order chi connectivity index (χ1) is 9.74. The fourth-order valence-corrected chi connectivity index (χ4v) is 2.00. The molecule has 2 aromatic rings. The van der Waals surface area contributed by atoms with Gasteiger partial charge in [-0.1, -0.05) is 6.07 Å². The highest BCUT2D eigenvalue weighted by molar-refractivity contribution is 6.06. The minimum Gasteiger partial charge on any atom is -0.508 e. The normalized spacial score (nSPS) is 12.8. The molecule has 2 N–H and O–H groups in total. The molecule has 0 aromatic heterocycles. The number of ether oxygens (including phenoxy) is 2. The number of benzene rings is 2. The Morgan fingerprint density at radius 3 is 2.60 bits per heavy atom. The summed E-state index contributed by atoms with van der Waals surface area (Å²) in [5, 5.41) is 12.0. The van der Waals surface area contributed by atoms with Crippen LogP contribution < -0.4 is 14.8 Å². The van der Waals surface area contributed by atoms with Crippen molar-refractivity contribution in [3.8, 4) is 17.2 Å². The largest absolute Gasteiger partial charge is 0.508 e. The van der Waals surface area contributed by atoms with Gasteiger partial charge in [-0.3, -0.25) is 4.79 Å². The zero-order chi connectivity index (χ0) is 13.9. The number of nitrogens with one attached hydrogen (secondary N) is 1. The lowest BCUT2D eigenvalue weighted by Gasteiger charge is -2.20. The van der Waals surface area contributed by atoms with Crippen molar-refractivity contribution in [3.05, 3.63) is 48.0 Å². The number of hydrogen-bond acceptors (Lipinski definition) is 4. The molecule has 20 heavy (non-hydrogen) atoms. The Bertz CT molecular complexity index is 637. The number of fused-ring (bicyclic) bond motifs is 1. The molecule has 0 atom stereocenters. The minimum atomic E-state index is -0.280. The van der Waals surface area contributed by atoms with Crippen molar-refractivity contribution in [3.63, 3.8) is 0 Å². The first kappa shape index (κ1) is 12.3. The second-order valence-electron chi connectivity index (χ2n) is 4.33. The molecular weight excluding hydrogens is 258 g/mol. The SMILES string of the molecule is O=C(Nc1ccc(O)cc1)c1cccc2c1OCCO2. The molecule has 0 unspecified atom stereocenters. The summed E-state index contributed by atoms with van der Waals surface area (Å²) in [7, 11) is 0. The standard InChI is InChI=1S/C15H13NO4/c17-11-6-4-10(5-7-11)16-15(18)12-2-1-3-13-14(12)20-9-8-19-13/h1-7,17H,8-9H2,(H,16,18). The van der Waals surface area contributed by atoms with Gasteiger partial charge in [0.15, 0.2) is 11.5 Å². The van der Waals surface area contributed by atoms with Crippen LogP contribution in [0.1, 0.15) is 10.4 Å². The second-order valence-corrected chi connectivity index (χ2v) is 4.33. The number of hydrogen-bond donors (Lipinski definition) is 2. The van der Waals surface area contributed by atoms with Crippen molar-refractivity contribution in [1.82, 2.24) is 0 Å². The summed E-state index contributed by atoms with van der Waals surface area (Å²) < 4.78 is 10.9. The third-order valence-electron chi connectivity index (χ3n) is 2.94. The van der Waals surface area contributed by atoms with Gasteiger partial charge in [0, 0.05) is 5.69 Å². The van der Waals surface area contributed by atoms with Crippen molar-refractivity contribution in [2.45, 2.75) is 0 Å². The quantitative estimate of drug-likeness (QED) is 0.823. The first-order valence-corrected chi connectivity index (χ1v) is 6.23. The van der Waals surface area contributed by atoms with Gasteiger partial charge in [-0.2, -0.15) is 0 Å². The van der Waals surface area contributed by atoms with Gasteiger partial charge in [0.25, 0.3) is 5.91 Å². The number of amides is 1. The minimum absolute atomic E-state index is 0.150. The van der Waals surface area contributed by atoms with E-state index in [1.54, 1.807) is 30.3 Å². The predicted octanol–water partition coefficient (Wildman–Crippen LogP) is 2.42. The molecule has 102 valence electrons. The molecule has 0 radical (unpaired) electrons. The summed E-state index contributed by atoms with van der Waals surface area (Å²) >= 11 is 0. The summed E-state index contributed by atoms with van der Waals surface area (Å²) in [5.41, 5.74) is 1.03. The maximum Gasteiger partial charge on any atom is 0.259 e. The number of para-hydroxylation sites is 1. The molecule has 0 aliphatic carbocycles. The van der Waals surface area contributed by atoms with E-state index < -0.39 is 0 Å². The van der Waals surface area contributed by atoms with Crippen LogP contribution in [0, 0.1) is 0 Å². The second kappa shape index (κ2) is 5.13. The van der Waals surface area contributed by atoms with Gasteiger partial charge in [-0.25, -0.2) is 0 Å². The topological polar surface area (TPSA) is 67.8 Å². The van der Waals surface area contributed by atoms with E-state index in [-0.39, 0.29) is 11.7 Å². The van der Waals surface area contributed by atoms with Crippen LogP contribution in [-0.2, 0) is 0 Å². The van der Waals surface area contributed by atoms with Gasteiger partial charge < -0.3 is 19.9 Å². The van der Waals surface area contributed by atoms with E-state index in [0.717, 1.165) is 0 Å².